The molecule has 1 aromatic carbocycles. The lowest BCUT2D eigenvalue weighted by Crippen LogP contribution is -2.41. The van der Waals surface area contributed by atoms with Gasteiger partial charge in [0.05, 0.1) is 0 Å². The van der Waals surface area contributed by atoms with Crippen LogP contribution in [0.1, 0.15) is 38.2 Å². The summed E-state index contributed by atoms with van der Waals surface area (Å²) in [5.74, 6) is 0.426. The molecule has 1 saturated carbocycles. The van der Waals surface area contributed by atoms with Gasteiger partial charge in [-0.3, -0.25) is 4.79 Å². The van der Waals surface area contributed by atoms with Crippen molar-refractivity contribution in [3.05, 3.63) is 41.2 Å². The van der Waals surface area contributed by atoms with Crippen molar-refractivity contribution in [2.45, 2.75) is 32.6 Å². The fraction of sp³-hybridized carbons (Fsp3) is 0.500. The van der Waals surface area contributed by atoms with Crippen LogP contribution in [0.5, 0.6) is 0 Å². The van der Waals surface area contributed by atoms with Crippen molar-refractivity contribution in [2.75, 3.05) is 26.2 Å². The van der Waals surface area contributed by atoms with Crippen LogP contribution in [0.15, 0.2) is 34.2 Å². The zero-order valence-corrected chi connectivity index (χ0v) is 16.7. The smallest absolute Gasteiger partial charge is 0.285 e. The molecule has 2 heterocycles. The molecule has 8 heteroatoms. The highest BCUT2D eigenvalue weighted by atomic mass is 32.2. The van der Waals surface area contributed by atoms with Gasteiger partial charge in [-0.25, -0.2) is 4.39 Å². The maximum atomic E-state index is 13.2. The molecule has 1 aliphatic carbocycles. The fourth-order valence-electron chi connectivity index (χ4n) is 4.05. The number of carbonyl (C=O) groups excluding carboxylic acids is 1. The summed E-state index contributed by atoms with van der Waals surface area (Å²) in [5.41, 5.74) is 1.01. The van der Waals surface area contributed by atoms with Gasteiger partial charge in [-0.1, -0.05) is 18.6 Å². The summed E-state index contributed by atoms with van der Waals surface area (Å²) in [6.07, 6.45) is 3.86. The van der Waals surface area contributed by atoms with Crippen LogP contribution in [0.4, 0.5) is 4.39 Å². The Morgan fingerprint density at radius 3 is 2.43 bits per heavy atom. The summed E-state index contributed by atoms with van der Waals surface area (Å²) < 4.78 is 42.6. The molecular weight excluding hydrogens is 381 g/mol. The Morgan fingerprint density at radius 1 is 1.07 bits per heavy atom. The van der Waals surface area contributed by atoms with E-state index >= 15 is 0 Å². The maximum Gasteiger partial charge on any atom is 0.285 e. The predicted molar refractivity (Wildman–Crippen MR) is 105 cm³/mol. The Bertz CT molecular complexity index is 949. The number of amidine groups is 1. The van der Waals surface area contributed by atoms with E-state index in [4.69, 9.17) is 0 Å². The minimum absolute atomic E-state index is 0.133. The minimum Gasteiger partial charge on any atom is -0.354 e. The van der Waals surface area contributed by atoms with E-state index in [1.54, 1.807) is 6.92 Å². The van der Waals surface area contributed by atoms with E-state index in [9.17, 15) is 17.6 Å². The summed E-state index contributed by atoms with van der Waals surface area (Å²) in [5, 5.41) is 0. The number of sulfonamides is 1. The SMILES string of the molecule is CC1=C(c2ccc(F)cc2)S(=O)(=O)N=C1N1CCCN(C(=O)C2CCC2)CC1. The summed E-state index contributed by atoms with van der Waals surface area (Å²) in [4.78, 5) is 16.5. The van der Waals surface area contributed by atoms with Gasteiger partial charge >= 0.3 is 0 Å². The van der Waals surface area contributed by atoms with E-state index in [1.165, 1.54) is 24.3 Å². The van der Waals surface area contributed by atoms with Crippen LogP contribution >= 0.6 is 0 Å². The summed E-state index contributed by atoms with van der Waals surface area (Å²) in [6.45, 7) is 4.22. The zero-order chi connectivity index (χ0) is 19.9. The lowest BCUT2D eigenvalue weighted by Gasteiger charge is -2.31. The molecule has 1 aromatic rings. The second-order valence-corrected chi connectivity index (χ2v) is 9.19. The molecule has 0 atom stereocenters. The molecule has 0 bridgehead atoms. The monoisotopic (exact) mass is 405 g/mol. The van der Waals surface area contributed by atoms with Crippen LogP contribution in [0.25, 0.3) is 4.91 Å². The van der Waals surface area contributed by atoms with Crippen molar-refractivity contribution in [2.24, 2.45) is 10.3 Å². The van der Waals surface area contributed by atoms with Crippen molar-refractivity contribution in [3.63, 3.8) is 0 Å². The predicted octanol–water partition coefficient (Wildman–Crippen LogP) is 2.63. The molecule has 150 valence electrons. The number of hydrogen-bond donors (Lipinski definition) is 0. The van der Waals surface area contributed by atoms with Crippen LogP contribution in [-0.2, 0) is 14.8 Å². The first-order valence-electron chi connectivity index (χ1n) is 9.73. The third-order valence-electron chi connectivity index (χ3n) is 5.81. The Balaban J connectivity index is 1.55. The number of benzene rings is 1. The number of nitrogens with zero attached hydrogens (tertiary/aromatic N) is 3. The maximum absolute atomic E-state index is 13.2. The Labute approximate surface area is 164 Å². The van der Waals surface area contributed by atoms with Crippen molar-refractivity contribution in [1.82, 2.24) is 9.80 Å². The van der Waals surface area contributed by atoms with Gasteiger partial charge in [0.2, 0.25) is 5.91 Å². The quantitative estimate of drug-likeness (QED) is 0.759. The molecule has 4 rings (SSSR count). The van der Waals surface area contributed by atoms with Crippen LogP contribution in [0, 0.1) is 11.7 Å². The normalized spacial score (nSPS) is 22.7. The molecule has 0 radical (unpaired) electrons. The second kappa shape index (κ2) is 7.31. The molecule has 3 aliphatic rings. The third-order valence-corrected chi connectivity index (χ3v) is 7.28. The minimum atomic E-state index is -3.83. The first-order chi connectivity index (χ1) is 13.4. The molecule has 0 aromatic heterocycles. The number of carbonyl (C=O) groups is 1. The Hall–Kier alpha value is -2.22. The lowest BCUT2D eigenvalue weighted by atomic mass is 9.84. The molecule has 6 nitrogen and oxygen atoms in total. The first-order valence-corrected chi connectivity index (χ1v) is 11.2. The molecule has 0 spiro atoms. The van der Waals surface area contributed by atoms with Crippen molar-refractivity contribution >= 4 is 26.7 Å². The lowest BCUT2D eigenvalue weighted by molar-refractivity contribution is -0.138. The largest absolute Gasteiger partial charge is 0.354 e. The van der Waals surface area contributed by atoms with Crippen molar-refractivity contribution in [3.8, 4) is 0 Å². The molecule has 1 saturated heterocycles. The molecule has 1 amide bonds. The van der Waals surface area contributed by atoms with Gasteiger partial charge in [0.25, 0.3) is 10.0 Å². The van der Waals surface area contributed by atoms with Crippen LogP contribution < -0.4 is 0 Å². The standard InChI is InChI=1S/C20H24FN3O3S/c1-14-18(15-6-8-17(21)9-7-15)28(26,27)22-19(14)23-10-3-11-24(13-12-23)20(25)16-4-2-5-16/h6-9,16H,2-5,10-13H2,1H3. The highest BCUT2D eigenvalue weighted by Crippen LogP contribution is 2.34. The van der Waals surface area contributed by atoms with Crippen LogP contribution in [0.3, 0.4) is 0 Å². The van der Waals surface area contributed by atoms with Crippen LogP contribution in [0.2, 0.25) is 0 Å². The fourth-order valence-corrected chi connectivity index (χ4v) is 5.53. The van der Waals surface area contributed by atoms with E-state index < -0.39 is 15.8 Å². The van der Waals surface area contributed by atoms with Gasteiger partial charge in [-0.15, -0.1) is 4.40 Å². The number of halogens is 1. The van der Waals surface area contributed by atoms with E-state index in [2.05, 4.69) is 4.40 Å². The van der Waals surface area contributed by atoms with E-state index in [-0.39, 0.29) is 16.7 Å². The molecule has 0 unspecified atom stereocenters. The molecule has 2 fully saturated rings. The topological polar surface area (TPSA) is 70.1 Å². The average molecular weight is 405 g/mol. The van der Waals surface area contributed by atoms with E-state index in [1.807, 2.05) is 9.80 Å². The highest BCUT2D eigenvalue weighted by molar-refractivity contribution is 8.00. The van der Waals surface area contributed by atoms with Gasteiger partial charge in [-0.05, 0) is 43.9 Å². The molecule has 2 aliphatic heterocycles. The second-order valence-electron chi connectivity index (χ2n) is 7.64. The summed E-state index contributed by atoms with van der Waals surface area (Å²) >= 11 is 0. The van der Waals surface area contributed by atoms with Gasteiger partial charge in [0, 0.05) is 37.7 Å². The van der Waals surface area contributed by atoms with Crippen LogP contribution in [-0.4, -0.2) is 56.1 Å². The summed E-state index contributed by atoms with van der Waals surface area (Å²) in [6, 6.07) is 5.43. The Kier molecular flexibility index (Phi) is 4.99. The first kappa shape index (κ1) is 19.1. The number of hydrogen-bond acceptors (Lipinski definition) is 4. The number of amides is 1. The Morgan fingerprint density at radius 2 is 1.79 bits per heavy atom. The van der Waals surface area contributed by atoms with E-state index in [0.29, 0.717) is 43.2 Å². The van der Waals surface area contributed by atoms with Crippen molar-refractivity contribution < 1.29 is 17.6 Å². The van der Waals surface area contributed by atoms with Gasteiger partial charge in [0.1, 0.15) is 16.6 Å². The van der Waals surface area contributed by atoms with Gasteiger partial charge < -0.3 is 9.80 Å². The van der Waals surface area contributed by atoms with Crippen molar-refractivity contribution in [1.29, 1.82) is 0 Å². The number of rotatable bonds is 2. The summed E-state index contributed by atoms with van der Waals surface area (Å²) in [7, 11) is -3.83. The van der Waals surface area contributed by atoms with Gasteiger partial charge in [-0.2, -0.15) is 8.42 Å². The average Bonchev–Trinajstić information content (AvgIpc) is 2.78. The zero-order valence-electron chi connectivity index (χ0n) is 15.9. The highest BCUT2D eigenvalue weighted by Gasteiger charge is 2.35. The molecular formula is C20H24FN3O3S. The molecule has 28 heavy (non-hydrogen) atoms. The van der Waals surface area contributed by atoms with Gasteiger partial charge in [0.15, 0.2) is 0 Å². The third kappa shape index (κ3) is 3.45. The molecule has 0 N–H and O–H groups in total. The van der Waals surface area contributed by atoms with E-state index in [0.717, 1.165) is 25.7 Å².